The van der Waals surface area contributed by atoms with Crippen LogP contribution in [-0.2, 0) is 13.3 Å². The van der Waals surface area contributed by atoms with Gasteiger partial charge in [-0.3, -0.25) is 0 Å². The van der Waals surface area contributed by atoms with E-state index in [1.807, 2.05) is 0 Å². The van der Waals surface area contributed by atoms with E-state index >= 15 is 0 Å². The van der Waals surface area contributed by atoms with Crippen LogP contribution in [-0.4, -0.2) is 34.3 Å². The Hall–Kier alpha value is 0.531. The summed E-state index contributed by atoms with van der Waals surface area (Å²) in [7, 11) is -2.52. The average Bonchev–Trinajstić information content (AvgIpc) is 2.02. The third-order valence-electron chi connectivity index (χ3n) is 1.52. The van der Waals surface area contributed by atoms with E-state index in [9.17, 15) is 0 Å². The van der Waals surface area contributed by atoms with Crippen LogP contribution in [0.5, 0.6) is 0 Å². The maximum Gasteiger partial charge on any atom is 0.242 e. The third-order valence-corrected chi connectivity index (χ3v) is 4.56. The molecule has 0 amide bonds. The normalized spacial score (nSPS) is 12.9. The highest BCUT2D eigenvalue weighted by molar-refractivity contribution is 6.49. The van der Waals surface area contributed by atoms with E-state index in [1.54, 1.807) is 0 Å². The summed E-state index contributed by atoms with van der Waals surface area (Å²) in [6.07, 6.45) is 1.21. The molecule has 0 aromatic rings. The van der Waals surface area contributed by atoms with E-state index in [0.29, 0.717) is 0 Å². The number of hydrogen-bond donors (Lipinski definition) is 0. The summed E-state index contributed by atoms with van der Waals surface area (Å²) < 4.78 is 17.0. The van der Waals surface area contributed by atoms with Crippen LogP contribution in [0.3, 0.4) is 0 Å². The lowest BCUT2D eigenvalue weighted by Crippen LogP contribution is -2.31. The zero-order valence-corrected chi connectivity index (χ0v) is 13.8. The van der Waals surface area contributed by atoms with Crippen molar-refractivity contribution in [3.63, 3.8) is 0 Å². The number of rotatable bonds is 8. The molecule has 6 heteroatoms. The summed E-state index contributed by atoms with van der Waals surface area (Å²) in [5, 5.41) is 0. The van der Waals surface area contributed by atoms with Crippen LogP contribution < -0.4 is 0 Å². The van der Waals surface area contributed by atoms with Gasteiger partial charge in [0.05, 0.1) is 0 Å². The van der Waals surface area contributed by atoms with Crippen LogP contribution in [0.2, 0.25) is 32.2 Å². The van der Waals surface area contributed by atoms with Gasteiger partial charge in [-0.1, -0.05) is 13.3 Å². The highest BCUT2D eigenvalue weighted by Gasteiger charge is 2.13. The first-order valence-corrected chi connectivity index (χ1v) is 12.6. The summed E-state index contributed by atoms with van der Waals surface area (Å²) >= 11 is 0. The van der Waals surface area contributed by atoms with Gasteiger partial charge in [-0.2, -0.15) is 0 Å². The van der Waals surface area contributed by atoms with Gasteiger partial charge in [0.1, 0.15) is 0 Å². The molecule has 0 rings (SSSR count). The standard InChI is InChI=1S/C8H24O3Si3/c1-6-7-12-9-8(10-13(2)3)11-14(4)5/h8,13-14H,6-7,12H2,1-5H3. The van der Waals surface area contributed by atoms with Crippen LogP contribution in [0.1, 0.15) is 13.3 Å². The van der Waals surface area contributed by atoms with Crippen LogP contribution >= 0.6 is 0 Å². The van der Waals surface area contributed by atoms with Crippen molar-refractivity contribution in [1.82, 2.24) is 0 Å². The van der Waals surface area contributed by atoms with Crippen molar-refractivity contribution >= 4 is 27.8 Å². The summed E-state index contributed by atoms with van der Waals surface area (Å²) in [6.45, 7) is 10.4. The van der Waals surface area contributed by atoms with Crippen LogP contribution in [0.4, 0.5) is 0 Å². The Morgan fingerprint density at radius 1 is 1.07 bits per heavy atom. The Bertz CT molecular complexity index is 123. The Balaban J connectivity index is 3.72. The van der Waals surface area contributed by atoms with Crippen LogP contribution in [0.15, 0.2) is 0 Å². The molecule has 0 aromatic heterocycles. The van der Waals surface area contributed by atoms with Gasteiger partial charge < -0.3 is 13.3 Å². The summed E-state index contributed by atoms with van der Waals surface area (Å²) in [5.41, 5.74) is 0. The summed E-state index contributed by atoms with van der Waals surface area (Å²) in [6, 6.07) is 1.21. The smallest absolute Gasteiger partial charge is 0.242 e. The van der Waals surface area contributed by atoms with Crippen molar-refractivity contribution in [2.24, 2.45) is 0 Å². The molecule has 0 atom stereocenters. The average molecular weight is 253 g/mol. The molecule has 0 heterocycles. The first kappa shape index (κ1) is 14.5. The molecule has 0 aliphatic carbocycles. The molecule has 0 bridgehead atoms. The molecule has 0 aliphatic heterocycles. The Morgan fingerprint density at radius 2 is 1.57 bits per heavy atom. The largest absolute Gasteiger partial charge is 0.380 e. The van der Waals surface area contributed by atoms with E-state index in [4.69, 9.17) is 13.3 Å². The van der Waals surface area contributed by atoms with Gasteiger partial charge in [0, 0.05) is 0 Å². The fourth-order valence-electron chi connectivity index (χ4n) is 0.879. The van der Waals surface area contributed by atoms with Gasteiger partial charge in [-0.05, 0) is 32.2 Å². The second-order valence-electron chi connectivity index (χ2n) is 3.88. The van der Waals surface area contributed by atoms with Crippen molar-refractivity contribution in [3.05, 3.63) is 0 Å². The SMILES string of the molecule is CCC[SiH2]OC(O[SiH](C)C)O[SiH](C)C. The maximum absolute atomic E-state index is 5.67. The fraction of sp³-hybridized carbons (Fsp3) is 1.00. The molecule has 0 radical (unpaired) electrons. The van der Waals surface area contributed by atoms with Crippen molar-refractivity contribution in [1.29, 1.82) is 0 Å². The highest BCUT2D eigenvalue weighted by atomic mass is 28.3. The van der Waals surface area contributed by atoms with Crippen molar-refractivity contribution in [3.8, 4) is 0 Å². The quantitative estimate of drug-likeness (QED) is 0.369. The molecule has 0 aliphatic rings. The minimum absolute atomic E-state index is 0.327. The van der Waals surface area contributed by atoms with Gasteiger partial charge in [0.25, 0.3) is 0 Å². The third kappa shape index (κ3) is 9.10. The Labute approximate surface area is 93.5 Å². The molecule has 0 unspecified atom stereocenters. The molecule has 86 valence electrons. The minimum atomic E-state index is -1.04. The molecule has 0 N–H and O–H groups in total. The van der Waals surface area contributed by atoms with Gasteiger partial charge in [-0.15, -0.1) is 0 Å². The van der Waals surface area contributed by atoms with E-state index < -0.39 is 27.8 Å². The van der Waals surface area contributed by atoms with Crippen LogP contribution in [0, 0.1) is 0 Å². The van der Waals surface area contributed by atoms with Crippen molar-refractivity contribution in [2.45, 2.75) is 52.1 Å². The van der Waals surface area contributed by atoms with Crippen LogP contribution in [0.25, 0.3) is 0 Å². The number of hydrogen-bond acceptors (Lipinski definition) is 3. The summed E-state index contributed by atoms with van der Waals surface area (Å²) in [5.74, 6) is 0. The Kier molecular flexibility index (Phi) is 9.14. The van der Waals surface area contributed by atoms with Gasteiger partial charge in [-0.25, -0.2) is 0 Å². The maximum atomic E-state index is 5.67. The van der Waals surface area contributed by atoms with Crippen molar-refractivity contribution < 1.29 is 13.3 Å². The lowest BCUT2D eigenvalue weighted by molar-refractivity contribution is -0.145. The molecule has 0 fully saturated rings. The zero-order chi connectivity index (χ0) is 11.0. The van der Waals surface area contributed by atoms with E-state index in [0.717, 1.165) is 0 Å². The summed E-state index contributed by atoms with van der Waals surface area (Å²) in [4.78, 5) is 0. The molecule has 0 spiro atoms. The molecule has 0 saturated heterocycles. The van der Waals surface area contributed by atoms with E-state index in [2.05, 4.69) is 33.1 Å². The predicted octanol–water partition coefficient (Wildman–Crippen LogP) is 1.20. The molecule has 3 nitrogen and oxygen atoms in total. The molecule has 14 heavy (non-hydrogen) atoms. The van der Waals surface area contributed by atoms with Gasteiger partial charge in [0.15, 0.2) is 27.8 Å². The molecule has 0 aromatic carbocycles. The monoisotopic (exact) mass is 252 g/mol. The minimum Gasteiger partial charge on any atom is -0.380 e. The van der Waals surface area contributed by atoms with Gasteiger partial charge >= 0.3 is 0 Å². The van der Waals surface area contributed by atoms with Crippen molar-refractivity contribution in [2.75, 3.05) is 0 Å². The lowest BCUT2D eigenvalue weighted by Gasteiger charge is -2.23. The Morgan fingerprint density at radius 3 is 1.93 bits per heavy atom. The van der Waals surface area contributed by atoms with E-state index in [1.165, 1.54) is 12.5 Å². The predicted molar refractivity (Wildman–Crippen MR) is 68.4 cm³/mol. The first-order valence-electron chi connectivity index (χ1n) is 5.48. The molecular formula is C8H24O3Si3. The molecule has 0 saturated carbocycles. The second-order valence-corrected chi connectivity index (χ2v) is 10.1. The topological polar surface area (TPSA) is 27.7 Å². The molecular weight excluding hydrogens is 228 g/mol. The van der Waals surface area contributed by atoms with E-state index in [-0.39, 0.29) is 6.48 Å². The second kappa shape index (κ2) is 8.81. The first-order chi connectivity index (χ1) is 6.56. The lowest BCUT2D eigenvalue weighted by atomic mass is 10.6. The highest BCUT2D eigenvalue weighted by Crippen LogP contribution is 2.03. The van der Waals surface area contributed by atoms with Gasteiger partial charge in [0.2, 0.25) is 6.48 Å². The zero-order valence-electron chi connectivity index (χ0n) is 10.1. The fourth-order valence-corrected chi connectivity index (χ4v) is 3.30.